The van der Waals surface area contributed by atoms with E-state index in [1.165, 1.54) is 11.8 Å². The fourth-order valence-electron chi connectivity index (χ4n) is 3.24. The van der Waals surface area contributed by atoms with Crippen LogP contribution in [0.5, 0.6) is 17.2 Å². The van der Waals surface area contributed by atoms with Crippen LogP contribution < -0.4 is 19.5 Å². The van der Waals surface area contributed by atoms with Gasteiger partial charge in [-0.2, -0.15) is 0 Å². The van der Waals surface area contributed by atoms with Gasteiger partial charge in [0.15, 0.2) is 16.7 Å². The maximum absolute atomic E-state index is 12.4. The molecule has 3 aromatic rings. The first-order valence-electron chi connectivity index (χ1n) is 10.0. The van der Waals surface area contributed by atoms with Gasteiger partial charge in [-0.3, -0.25) is 4.79 Å². The van der Waals surface area contributed by atoms with Crippen molar-refractivity contribution in [3.63, 3.8) is 0 Å². The Balaban J connectivity index is 1.27. The van der Waals surface area contributed by atoms with Crippen LogP contribution in [0.1, 0.15) is 11.1 Å². The van der Waals surface area contributed by atoms with E-state index in [2.05, 4.69) is 26.2 Å². The van der Waals surface area contributed by atoms with E-state index in [1.54, 1.807) is 24.3 Å². The van der Waals surface area contributed by atoms with E-state index in [1.807, 2.05) is 36.4 Å². The van der Waals surface area contributed by atoms with Crippen LogP contribution in [0.4, 0.5) is 5.69 Å². The van der Waals surface area contributed by atoms with Crippen molar-refractivity contribution in [3.05, 3.63) is 85.1 Å². The maximum Gasteiger partial charge on any atom is 0.264 e. The number of fused-ring (bicyclic) bond motifs is 1. The predicted molar refractivity (Wildman–Crippen MR) is 138 cm³/mol. The molecule has 1 N–H and O–H groups in total. The van der Waals surface area contributed by atoms with Crippen molar-refractivity contribution in [3.8, 4) is 17.2 Å². The first-order chi connectivity index (χ1) is 16.5. The Hall–Kier alpha value is -2.65. The topological polar surface area (TPSA) is 69.2 Å². The highest BCUT2D eigenvalue weighted by atomic mass is 79.9. The molecule has 1 saturated heterocycles. The van der Waals surface area contributed by atoms with Crippen LogP contribution in [0.15, 0.2) is 69.0 Å². The van der Waals surface area contributed by atoms with E-state index >= 15 is 0 Å². The molecule has 0 bridgehead atoms. The van der Waals surface area contributed by atoms with Crippen molar-refractivity contribution in [2.75, 3.05) is 6.79 Å². The second kappa shape index (κ2) is 9.92. The van der Waals surface area contributed by atoms with E-state index in [0.717, 1.165) is 27.1 Å². The van der Waals surface area contributed by atoms with Crippen molar-refractivity contribution < 1.29 is 19.0 Å². The van der Waals surface area contributed by atoms with Crippen LogP contribution in [0.3, 0.4) is 0 Å². The minimum Gasteiger partial charge on any atom is -0.488 e. The Kier molecular flexibility index (Phi) is 6.74. The Morgan fingerprint density at radius 2 is 1.97 bits per heavy atom. The summed E-state index contributed by atoms with van der Waals surface area (Å²) in [6.45, 7) is 0.611. The summed E-state index contributed by atoms with van der Waals surface area (Å²) in [5.74, 6) is 1.90. The highest BCUT2D eigenvalue weighted by Gasteiger charge is 2.24. The van der Waals surface area contributed by atoms with E-state index in [4.69, 9.17) is 37.4 Å². The molecule has 5 rings (SSSR count). The molecule has 0 atom stereocenters. The largest absolute Gasteiger partial charge is 0.488 e. The Morgan fingerprint density at radius 3 is 2.82 bits per heavy atom. The van der Waals surface area contributed by atoms with E-state index in [-0.39, 0.29) is 12.7 Å². The number of ether oxygens (including phenoxy) is 3. The zero-order valence-electron chi connectivity index (χ0n) is 17.3. The molecule has 0 saturated carbocycles. The normalized spacial score (nSPS) is 16.9. The molecule has 34 heavy (non-hydrogen) atoms. The molecule has 1 amide bonds. The van der Waals surface area contributed by atoms with Gasteiger partial charge < -0.3 is 19.5 Å². The van der Waals surface area contributed by atoms with Crippen LogP contribution in [0, 0.1) is 0 Å². The summed E-state index contributed by atoms with van der Waals surface area (Å²) in [7, 11) is 0. The third-order valence-electron chi connectivity index (χ3n) is 4.89. The number of nitrogens with one attached hydrogen (secondary N) is 1. The van der Waals surface area contributed by atoms with Crippen molar-refractivity contribution in [1.82, 2.24) is 5.32 Å². The fraction of sp³-hybridized carbons (Fsp3) is 0.0833. The van der Waals surface area contributed by atoms with Crippen molar-refractivity contribution in [2.24, 2.45) is 4.99 Å². The van der Waals surface area contributed by atoms with Crippen molar-refractivity contribution >= 4 is 73.7 Å². The van der Waals surface area contributed by atoms with E-state index in [0.29, 0.717) is 38.2 Å². The Bertz CT molecular complexity index is 1360. The number of aliphatic imine (C=N–C) groups is 1. The summed E-state index contributed by atoms with van der Waals surface area (Å²) in [5, 5.41) is 3.92. The zero-order chi connectivity index (χ0) is 23.7. The third-order valence-corrected chi connectivity index (χ3v) is 7.23. The standard InChI is InChI=1S/C24H15BrCl2N2O4S/c25-15-8-13(4-6-18(15)31-11-14-5-7-19-20(9-14)33-12-32-19)10-21-23(30)29-24(34-21)28-17-3-1-2-16(26)22(17)27/h1-10H,11-12H2,(H,28,29,30)/b21-10-. The lowest BCUT2D eigenvalue weighted by Crippen LogP contribution is -2.19. The number of carbonyl (C=O) groups is 1. The van der Waals surface area contributed by atoms with Gasteiger partial charge in [-0.1, -0.05) is 41.4 Å². The van der Waals surface area contributed by atoms with Gasteiger partial charge >= 0.3 is 0 Å². The molecule has 0 spiro atoms. The quantitative estimate of drug-likeness (QED) is 0.332. The molecular formula is C24H15BrCl2N2O4S. The van der Waals surface area contributed by atoms with Gasteiger partial charge in [-0.05, 0) is 81.3 Å². The highest BCUT2D eigenvalue weighted by Crippen LogP contribution is 2.36. The van der Waals surface area contributed by atoms with Gasteiger partial charge in [-0.25, -0.2) is 4.99 Å². The van der Waals surface area contributed by atoms with Gasteiger partial charge in [0.2, 0.25) is 6.79 Å². The molecule has 0 aromatic heterocycles. The van der Waals surface area contributed by atoms with E-state index in [9.17, 15) is 4.79 Å². The molecule has 0 unspecified atom stereocenters. The monoisotopic (exact) mass is 576 g/mol. The number of amides is 1. The summed E-state index contributed by atoms with van der Waals surface area (Å²) < 4.78 is 17.4. The molecule has 1 fully saturated rings. The predicted octanol–water partition coefficient (Wildman–Crippen LogP) is 6.96. The van der Waals surface area contributed by atoms with Crippen LogP contribution in [0.25, 0.3) is 6.08 Å². The zero-order valence-corrected chi connectivity index (χ0v) is 21.2. The Morgan fingerprint density at radius 1 is 1.12 bits per heavy atom. The SMILES string of the molecule is O=C1NC(=Nc2cccc(Cl)c2Cl)S/C1=C\c1ccc(OCc2ccc3c(c2)OCO3)c(Br)c1. The molecule has 6 nitrogen and oxygen atoms in total. The minimum atomic E-state index is -0.235. The maximum atomic E-state index is 12.4. The summed E-state index contributed by atoms with van der Waals surface area (Å²) in [5.41, 5.74) is 2.29. The number of hydrogen-bond acceptors (Lipinski definition) is 6. The molecule has 2 aliphatic rings. The summed E-state index contributed by atoms with van der Waals surface area (Å²) in [4.78, 5) is 17.4. The first kappa shape index (κ1) is 23.1. The smallest absolute Gasteiger partial charge is 0.264 e. The number of nitrogens with zero attached hydrogens (tertiary/aromatic N) is 1. The highest BCUT2D eigenvalue weighted by molar-refractivity contribution is 9.10. The van der Waals surface area contributed by atoms with Crippen LogP contribution >= 0.6 is 50.9 Å². The van der Waals surface area contributed by atoms with Gasteiger partial charge in [0.1, 0.15) is 12.4 Å². The number of halogens is 3. The lowest BCUT2D eigenvalue weighted by Gasteiger charge is -2.09. The summed E-state index contributed by atoms with van der Waals surface area (Å²) in [6.07, 6.45) is 1.79. The first-order valence-corrected chi connectivity index (χ1v) is 12.4. The van der Waals surface area contributed by atoms with Crippen LogP contribution in [-0.2, 0) is 11.4 Å². The molecule has 172 valence electrons. The van der Waals surface area contributed by atoms with Gasteiger partial charge in [0.05, 0.1) is 25.1 Å². The number of carbonyl (C=O) groups excluding carboxylic acids is 1. The number of benzene rings is 3. The van der Waals surface area contributed by atoms with Gasteiger partial charge in [-0.15, -0.1) is 0 Å². The molecule has 2 heterocycles. The number of thioether (sulfide) groups is 1. The molecule has 3 aromatic carbocycles. The van der Waals surface area contributed by atoms with E-state index < -0.39 is 0 Å². The number of rotatable bonds is 5. The fourth-order valence-corrected chi connectivity index (χ4v) is 4.92. The van der Waals surface area contributed by atoms with Crippen molar-refractivity contribution in [1.29, 1.82) is 0 Å². The second-order valence-electron chi connectivity index (χ2n) is 7.22. The minimum absolute atomic E-state index is 0.235. The van der Waals surface area contributed by atoms with Gasteiger partial charge in [0.25, 0.3) is 5.91 Å². The molecular weight excluding hydrogens is 563 g/mol. The lowest BCUT2D eigenvalue weighted by atomic mass is 10.2. The van der Waals surface area contributed by atoms with Gasteiger partial charge in [0, 0.05) is 0 Å². The average molecular weight is 578 g/mol. The third kappa shape index (κ3) is 5.05. The second-order valence-corrected chi connectivity index (χ2v) is 9.89. The number of amidine groups is 1. The molecule has 0 radical (unpaired) electrons. The molecule has 10 heteroatoms. The lowest BCUT2D eigenvalue weighted by molar-refractivity contribution is -0.115. The summed E-state index contributed by atoms with van der Waals surface area (Å²) in [6, 6.07) is 16.5. The average Bonchev–Trinajstić information content (AvgIpc) is 3.42. The molecule has 0 aliphatic carbocycles. The van der Waals surface area contributed by atoms with Crippen LogP contribution in [0.2, 0.25) is 10.0 Å². The van der Waals surface area contributed by atoms with Crippen LogP contribution in [-0.4, -0.2) is 17.9 Å². The molecule has 2 aliphatic heterocycles. The summed E-state index contributed by atoms with van der Waals surface area (Å²) >= 11 is 17.0. The van der Waals surface area contributed by atoms with Crippen molar-refractivity contribution in [2.45, 2.75) is 6.61 Å². The Labute approximate surface area is 218 Å². The number of hydrogen-bond donors (Lipinski definition) is 1.